The van der Waals surface area contributed by atoms with E-state index in [1.165, 1.54) is 0 Å². The van der Waals surface area contributed by atoms with Gasteiger partial charge in [-0.2, -0.15) is 5.53 Å². The molecule has 6 heteroatoms. The van der Waals surface area contributed by atoms with E-state index in [1.807, 2.05) is 0 Å². The lowest BCUT2D eigenvalue weighted by Crippen LogP contribution is -2.17. The summed E-state index contributed by atoms with van der Waals surface area (Å²) in [5.74, 6) is -0.0151. The second-order valence-electron chi connectivity index (χ2n) is 4.02. The Labute approximate surface area is 98.4 Å². The van der Waals surface area contributed by atoms with Crippen LogP contribution in [0.3, 0.4) is 0 Å². The van der Waals surface area contributed by atoms with Crippen molar-refractivity contribution in [3.8, 4) is 0 Å². The Morgan fingerprint density at radius 3 is 2.71 bits per heavy atom. The lowest BCUT2D eigenvalue weighted by atomic mass is 10.0. The Bertz CT molecular complexity index is 447. The monoisotopic (exact) mass is 235 g/mol. The van der Waals surface area contributed by atoms with Gasteiger partial charge in [0.15, 0.2) is 0 Å². The Kier molecular flexibility index (Phi) is 3.14. The molecule has 0 aromatic heterocycles. The normalized spacial score (nSPS) is 14.5. The molecule has 1 aromatic rings. The van der Waals surface area contributed by atoms with E-state index < -0.39 is 0 Å². The molecular weight excluding hydrogens is 221 g/mol. The van der Waals surface area contributed by atoms with Crippen LogP contribution in [-0.2, 0) is 6.54 Å². The number of hydrogen-bond acceptors (Lipinski definition) is 4. The molecule has 0 unspecified atom stereocenters. The number of benzene rings is 1. The predicted molar refractivity (Wildman–Crippen MR) is 62.7 cm³/mol. The molecule has 17 heavy (non-hydrogen) atoms. The van der Waals surface area contributed by atoms with Crippen molar-refractivity contribution in [1.29, 1.82) is 10.9 Å². The highest BCUT2D eigenvalue weighted by Gasteiger charge is 2.28. The molecule has 0 aliphatic heterocycles. The van der Waals surface area contributed by atoms with Crippen molar-refractivity contribution in [3.63, 3.8) is 0 Å². The molecule has 2 rings (SSSR count). The maximum Gasteiger partial charge on any atom is 0.133 e. The Morgan fingerprint density at radius 1 is 1.53 bits per heavy atom. The van der Waals surface area contributed by atoms with E-state index >= 15 is 0 Å². The zero-order chi connectivity index (χ0) is 12.4. The summed E-state index contributed by atoms with van der Waals surface area (Å²) in [6, 6.07) is 3.37. The minimum Gasteiger partial charge on any atom is -0.326 e. The van der Waals surface area contributed by atoms with Crippen LogP contribution >= 0.6 is 0 Å². The standard InChI is InChI=1S/C11H14FN5/c12-11-8(7-1-2-7)3-4-10(9(11)5-13)17(6-14)16-15/h3-4,6-7,14-15H,1-2,5,13H2. The van der Waals surface area contributed by atoms with Crippen LogP contribution in [0.2, 0.25) is 0 Å². The fraction of sp³-hybridized carbons (Fsp3) is 0.364. The first-order chi connectivity index (χ1) is 8.22. The van der Waals surface area contributed by atoms with Crippen LogP contribution in [-0.4, -0.2) is 6.34 Å². The van der Waals surface area contributed by atoms with Gasteiger partial charge in [0, 0.05) is 12.1 Å². The fourth-order valence-corrected chi connectivity index (χ4v) is 1.90. The zero-order valence-corrected chi connectivity index (χ0v) is 9.28. The van der Waals surface area contributed by atoms with Crippen LogP contribution < -0.4 is 10.7 Å². The lowest BCUT2D eigenvalue weighted by Gasteiger charge is -2.17. The van der Waals surface area contributed by atoms with Gasteiger partial charge in [0.2, 0.25) is 0 Å². The summed E-state index contributed by atoms with van der Waals surface area (Å²) in [6.07, 6.45) is 2.88. The molecule has 0 heterocycles. The number of rotatable bonds is 5. The fourth-order valence-electron chi connectivity index (χ4n) is 1.90. The molecule has 5 nitrogen and oxygen atoms in total. The second kappa shape index (κ2) is 4.58. The second-order valence-corrected chi connectivity index (χ2v) is 4.02. The SMILES string of the molecule is N=CN(N=N)c1ccc(C2CC2)c(F)c1CN. The molecule has 1 aliphatic rings. The minimum absolute atomic E-state index is 0.0294. The number of nitrogens with zero attached hydrogens (tertiary/aromatic N) is 2. The number of halogens is 1. The average Bonchev–Trinajstić information content (AvgIpc) is 3.15. The molecule has 0 radical (unpaired) electrons. The molecule has 0 saturated heterocycles. The maximum atomic E-state index is 14.2. The van der Waals surface area contributed by atoms with Gasteiger partial charge in [0.1, 0.15) is 12.2 Å². The molecule has 4 N–H and O–H groups in total. The third kappa shape index (κ3) is 2.03. The Hall–Kier alpha value is -1.82. The summed E-state index contributed by atoms with van der Waals surface area (Å²) >= 11 is 0. The van der Waals surface area contributed by atoms with Crippen LogP contribution in [0.25, 0.3) is 0 Å². The summed E-state index contributed by atoms with van der Waals surface area (Å²) in [5.41, 5.74) is 13.8. The molecule has 90 valence electrons. The van der Waals surface area contributed by atoms with Gasteiger partial charge in [-0.3, -0.25) is 5.41 Å². The van der Waals surface area contributed by atoms with E-state index in [9.17, 15) is 4.39 Å². The predicted octanol–water partition coefficient (Wildman–Crippen LogP) is 2.52. The molecule has 1 aromatic carbocycles. The van der Waals surface area contributed by atoms with Gasteiger partial charge >= 0.3 is 0 Å². The van der Waals surface area contributed by atoms with E-state index in [2.05, 4.69) is 5.22 Å². The quantitative estimate of drug-likeness (QED) is 0.317. The van der Waals surface area contributed by atoms with Crippen molar-refractivity contribution in [2.75, 3.05) is 5.01 Å². The van der Waals surface area contributed by atoms with Crippen molar-refractivity contribution in [1.82, 2.24) is 0 Å². The van der Waals surface area contributed by atoms with Gasteiger partial charge < -0.3 is 5.73 Å². The highest BCUT2D eigenvalue weighted by atomic mass is 19.1. The molecule has 0 spiro atoms. The third-order valence-electron chi connectivity index (χ3n) is 2.95. The minimum atomic E-state index is -0.317. The lowest BCUT2D eigenvalue weighted by molar-refractivity contribution is 0.594. The first-order valence-electron chi connectivity index (χ1n) is 5.41. The smallest absolute Gasteiger partial charge is 0.133 e. The van der Waals surface area contributed by atoms with Gasteiger partial charge in [0.25, 0.3) is 0 Å². The maximum absolute atomic E-state index is 14.2. The van der Waals surface area contributed by atoms with Gasteiger partial charge in [-0.1, -0.05) is 11.3 Å². The molecule has 1 fully saturated rings. The molecule has 1 saturated carbocycles. The van der Waals surface area contributed by atoms with Gasteiger partial charge in [-0.15, -0.1) is 0 Å². The largest absolute Gasteiger partial charge is 0.326 e. The van der Waals surface area contributed by atoms with Crippen molar-refractivity contribution in [2.45, 2.75) is 25.3 Å². The van der Waals surface area contributed by atoms with Gasteiger partial charge in [-0.05, 0) is 30.4 Å². The summed E-state index contributed by atoms with van der Waals surface area (Å²) in [4.78, 5) is 0. The van der Waals surface area contributed by atoms with E-state index in [4.69, 9.17) is 16.7 Å². The molecule has 1 aliphatic carbocycles. The van der Waals surface area contributed by atoms with Crippen LogP contribution in [0.15, 0.2) is 17.4 Å². The van der Waals surface area contributed by atoms with Crippen molar-refractivity contribution >= 4 is 12.0 Å². The number of anilines is 1. The number of nitrogens with two attached hydrogens (primary N) is 1. The number of nitrogens with one attached hydrogen (secondary N) is 2. The molecule has 0 atom stereocenters. The highest BCUT2D eigenvalue weighted by Crippen LogP contribution is 2.43. The topological polar surface area (TPSA) is 89.3 Å². The van der Waals surface area contributed by atoms with Gasteiger partial charge in [-0.25, -0.2) is 9.40 Å². The molecular formula is C11H14FN5. The van der Waals surface area contributed by atoms with Crippen molar-refractivity contribution in [2.24, 2.45) is 11.0 Å². The zero-order valence-electron chi connectivity index (χ0n) is 9.28. The van der Waals surface area contributed by atoms with E-state index in [0.717, 1.165) is 24.2 Å². The number of hydrogen-bond donors (Lipinski definition) is 3. The van der Waals surface area contributed by atoms with Crippen molar-refractivity contribution in [3.05, 3.63) is 29.1 Å². The van der Waals surface area contributed by atoms with Crippen LogP contribution in [0.4, 0.5) is 10.1 Å². The van der Waals surface area contributed by atoms with E-state index in [1.54, 1.807) is 12.1 Å². The average molecular weight is 235 g/mol. The third-order valence-corrected chi connectivity index (χ3v) is 2.95. The summed E-state index contributed by atoms with van der Waals surface area (Å²) in [6.45, 7) is 0.0294. The first-order valence-corrected chi connectivity index (χ1v) is 5.41. The molecule has 0 amide bonds. The van der Waals surface area contributed by atoms with Crippen molar-refractivity contribution < 1.29 is 4.39 Å². The van der Waals surface area contributed by atoms with E-state index in [0.29, 0.717) is 22.7 Å². The summed E-state index contributed by atoms with van der Waals surface area (Å²) in [7, 11) is 0. The highest BCUT2D eigenvalue weighted by molar-refractivity contribution is 5.77. The van der Waals surface area contributed by atoms with Crippen LogP contribution in [0.5, 0.6) is 0 Å². The van der Waals surface area contributed by atoms with Crippen LogP contribution in [0, 0.1) is 16.8 Å². The Balaban J connectivity index is 2.49. The van der Waals surface area contributed by atoms with Crippen LogP contribution in [0.1, 0.15) is 29.9 Å². The van der Waals surface area contributed by atoms with Gasteiger partial charge in [0.05, 0.1) is 5.69 Å². The first kappa shape index (κ1) is 11.7. The Morgan fingerprint density at radius 2 is 2.24 bits per heavy atom. The summed E-state index contributed by atoms with van der Waals surface area (Å²) < 4.78 is 14.2. The van der Waals surface area contributed by atoms with E-state index in [-0.39, 0.29) is 12.4 Å². The molecule has 0 bridgehead atoms. The summed E-state index contributed by atoms with van der Waals surface area (Å²) in [5, 5.41) is 11.2.